The van der Waals surface area contributed by atoms with Crippen LogP contribution in [0, 0.1) is 32.9 Å². The fourth-order valence-corrected chi connectivity index (χ4v) is 6.96. The first-order valence-electron chi connectivity index (χ1n) is 16.0. The van der Waals surface area contributed by atoms with Crippen LogP contribution in [0.15, 0.2) is 91.4 Å². The van der Waals surface area contributed by atoms with Crippen molar-refractivity contribution in [1.82, 2.24) is 19.3 Å². The summed E-state index contributed by atoms with van der Waals surface area (Å²) < 4.78 is 10.4. The second kappa shape index (κ2) is 13.0. The molecule has 7 rings (SSSR count). The van der Waals surface area contributed by atoms with Crippen molar-refractivity contribution in [3.8, 4) is 34.1 Å². The van der Waals surface area contributed by atoms with Crippen LogP contribution >= 0.6 is 0 Å². The number of hydrogen-bond acceptors (Lipinski definition) is 3. The van der Waals surface area contributed by atoms with E-state index in [0.717, 1.165) is 44.4 Å². The van der Waals surface area contributed by atoms with Gasteiger partial charge in [0.25, 0.3) is 0 Å². The Balaban J connectivity index is 0.00000386. The summed E-state index contributed by atoms with van der Waals surface area (Å²) in [7, 11) is 0. The van der Waals surface area contributed by atoms with E-state index < -0.39 is 0 Å². The molecule has 0 saturated heterocycles. The van der Waals surface area contributed by atoms with Gasteiger partial charge in [0, 0.05) is 35.0 Å². The SMILES string of the molecule is Cc1ccnc(-n2c3[c-]c(Oc4[c-]c(-n5cc(-c6c(C(C)C)c(C)cc(C)c6C(C)C)cn5)ccc4)ccc3c3ccccc32)c1.[Pt+2]. The van der Waals surface area contributed by atoms with Gasteiger partial charge < -0.3 is 9.30 Å². The number of rotatable bonds is 7. The van der Waals surface area contributed by atoms with Gasteiger partial charge in [-0.15, -0.1) is 35.7 Å². The first kappa shape index (κ1) is 32.5. The second-order valence-electron chi connectivity index (χ2n) is 12.8. The Hall–Kier alpha value is -4.47. The van der Waals surface area contributed by atoms with Crippen molar-refractivity contribution in [2.75, 3.05) is 0 Å². The minimum Gasteiger partial charge on any atom is -0.509 e. The van der Waals surface area contributed by atoms with Gasteiger partial charge >= 0.3 is 21.1 Å². The second-order valence-corrected chi connectivity index (χ2v) is 12.8. The van der Waals surface area contributed by atoms with E-state index in [-0.39, 0.29) is 21.1 Å². The molecule has 0 fully saturated rings. The Morgan fingerprint density at radius 3 is 2.19 bits per heavy atom. The fourth-order valence-electron chi connectivity index (χ4n) is 6.96. The number of fused-ring (bicyclic) bond motifs is 3. The van der Waals surface area contributed by atoms with Crippen LogP contribution in [0.3, 0.4) is 0 Å². The van der Waals surface area contributed by atoms with Crippen LogP contribution < -0.4 is 4.74 Å². The first-order chi connectivity index (χ1) is 22.2. The maximum Gasteiger partial charge on any atom is 2.00 e. The van der Waals surface area contributed by atoms with Gasteiger partial charge in [-0.2, -0.15) is 17.2 Å². The number of aryl methyl sites for hydroxylation is 3. The molecule has 0 radical (unpaired) electrons. The number of ether oxygens (including phenoxy) is 1. The third-order valence-electron chi connectivity index (χ3n) is 8.75. The van der Waals surface area contributed by atoms with Gasteiger partial charge in [0.05, 0.1) is 6.20 Å². The fraction of sp³-hybridized carbons (Fsp3) is 0.220. The molecule has 0 N–H and O–H groups in total. The molecule has 0 aliphatic rings. The molecule has 0 amide bonds. The van der Waals surface area contributed by atoms with Crippen LogP contribution in [0.25, 0.3) is 44.4 Å². The minimum absolute atomic E-state index is 0. The average molecular weight is 798 g/mol. The topological polar surface area (TPSA) is 44.9 Å². The van der Waals surface area contributed by atoms with Crippen molar-refractivity contribution in [2.24, 2.45) is 0 Å². The van der Waals surface area contributed by atoms with Gasteiger partial charge in [-0.25, -0.2) is 4.98 Å². The number of para-hydroxylation sites is 1. The molecule has 0 aliphatic heterocycles. The van der Waals surface area contributed by atoms with Gasteiger partial charge in [0.15, 0.2) is 0 Å². The minimum atomic E-state index is 0. The zero-order valence-corrected chi connectivity index (χ0v) is 30.1. The molecule has 5 nitrogen and oxygen atoms in total. The average Bonchev–Trinajstić information content (AvgIpc) is 3.64. The zero-order chi connectivity index (χ0) is 32.1. The summed E-state index contributed by atoms with van der Waals surface area (Å²) in [5.41, 5.74) is 11.8. The molecule has 0 spiro atoms. The normalized spacial score (nSPS) is 11.5. The van der Waals surface area contributed by atoms with Crippen molar-refractivity contribution in [2.45, 2.75) is 60.3 Å². The first-order valence-corrected chi connectivity index (χ1v) is 16.0. The Bertz CT molecular complexity index is 2210. The van der Waals surface area contributed by atoms with Gasteiger partial charge in [-0.3, -0.25) is 4.68 Å². The molecule has 3 heterocycles. The summed E-state index contributed by atoms with van der Waals surface area (Å²) >= 11 is 0. The quantitative estimate of drug-likeness (QED) is 0.151. The molecule has 0 bridgehead atoms. The van der Waals surface area contributed by atoms with E-state index in [1.165, 1.54) is 27.8 Å². The van der Waals surface area contributed by atoms with E-state index in [9.17, 15) is 0 Å². The van der Waals surface area contributed by atoms with Gasteiger partial charge in [-0.1, -0.05) is 57.5 Å². The molecule has 238 valence electrons. The van der Waals surface area contributed by atoms with Crippen molar-refractivity contribution >= 4 is 21.8 Å². The molecule has 3 aromatic heterocycles. The molecule has 0 unspecified atom stereocenters. The van der Waals surface area contributed by atoms with Crippen LogP contribution in [0.4, 0.5) is 0 Å². The number of aromatic nitrogens is 4. The van der Waals surface area contributed by atoms with Crippen LogP contribution in [0.5, 0.6) is 11.5 Å². The van der Waals surface area contributed by atoms with Crippen LogP contribution in [-0.2, 0) is 21.1 Å². The maximum absolute atomic E-state index is 6.40. The molecule has 0 saturated carbocycles. The van der Waals surface area contributed by atoms with Crippen molar-refractivity contribution in [3.05, 3.63) is 131 Å². The Kier molecular flexibility index (Phi) is 8.96. The summed E-state index contributed by atoms with van der Waals surface area (Å²) in [5, 5.41) is 7.05. The predicted octanol–water partition coefficient (Wildman–Crippen LogP) is 10.6. The number of nitrogens with zero attached hydrogens (tertiary/aromatic N) is 4. The maximum atomic E-state index is 6.40. The molecule has 0 aliphatic carbocycles. The zero-order valence-electron chi connectivity index (χ0n) is 27.8. The van der Waals surface area contributed by atoms with Crippen molar-refractivity contribution in [3.63, 3.8) is 0 Å². The number of hydrogen-bond donors (Lipinski definition) is 0. The summed E-state index contributed by atoms with van der Waals surface area (Å²) in [4.78, 5) is 4.69. The Morgan fingerprint density at radius 2 is 1.47 bits per heavy atom. The van der Waals surface area contributed by atoms with E-state index in [2.05, 4.69) is 114 Å². The van der Waals surface area contributed by atoms with E-state index >= 15 is 0 Å². The predicted molar refractivity (Wildman–Crippen MR) is 188 cm³/mol. The summed E-state index contributed by atoms with van der Waals surface area (Å²) in [6.07, 6.45) is 5.94. The van der Waals surface area contributed by atoms with Crippen LogP contribution in [0.1, 0.15) is 67.3 Å². The van der Waals surface area contributed by atoms with Crippen molar-refractivity contribution < 1.29 is 25.8 Å². The van der Waals surface area contributed by atoms with E-state index in [0.29, 0.717) is 23.3 Å². The van der Waals surface area contributed by atoms with Crippen molar-refractivity contribution in [1.29, 1.82) is 0 Å². The molecule has 7 aromatic rings. The molecule has 0 atom stereocenters. The van der Waals surface area contributed by atoms with E-state index in [1.54, 1.807) is 0 Å². The van der Waals surface area contributed by atoms with E-state index in [1.807, 2.05) is 47.4 Å². The standard InChI is InChI=1S/C41H38N4O.Pt/c1-25(2)39-28(6)20-29(7)40(26(3)4)41(39)30-23-43-44(24-30)31-11-10-12-32(21-31)46-33-15-16-35-34-13-8-9-14-36(34)45(37(35)22-33)38-19-27(5)17-18-42-38;/h8-20,23-26H,1-7H3;/q-2;+2. The summed E-state index contributed by atoms with van der Waals surface area (Å²) in [5.74, 6) is 2.85. The molecular formula is C41H38N4OPt. The molecule has 4 aromatic carbocycles. The molecular weight excluding hydrogens is 760 g/mol. The van der Waals surface area contributed by atoms with Gasteiger partial charge in [-0.05, 0) is 95.3 Å². The van der Waals surface area contributed by atoms with Crippen LogP contribution in [0.2, 0.25) is 0 Å². The third-order valence-corrected chi connectivity index (χ3v) is 8.75. The monoisotopic (exact) mass is 797 g/mol. The summed E-state index contributed by atoms with van der Waals surface area (Å²) in [6, 6.07) is 31.8. The third kappa shape index (κ3) is 5.94. The van der Waals surface area contributed by atoms with Gasteiger partial charge in [0.1, 0.15) is 5.82 Å². The smallest absolute Gasteiger partial charge is 0.509 e. The number of benzene rings is 4. The summed E-state index contributed by atoms with van der Waals surface area (Å²) in [6.45, 7) is 15.6. The van der Waals surface area contributed by atoms with Gasteiger partial charge in [0.2, 0.25) is 0 Å². The molecule has 47 heavy (non-hydrogen) atoms. The molecule has 6 heteroatoms. The number of pyridine rings is 1. The Morgan fingerprint density at radius 1 is 0.745 bits per heavy atom. The largest absolute Gasteiger partial charge is 2.00 e. The van der Waals surface area contributed by atoms with Crippen LogP contribution in [-0.4, -0.2) is 19.3 Å². The Labute approximate surface area is 291 Å². The van der Waals surface area contributed by atoms with E-state index in [4.69, 9.17) is 14.8 Å².